The molecule has 2 aromatic carbocycles. The Morgan fingerprint density at radius 3 is 2.40 bits per heavy atom. The van der Waals surface area contributed by atoms with Crippen molar-refractivity contribution in [2.45, 2.75) is 31.3 Å². The Kier molecular flexibility index (Phi) is 2.67. The van der Waals surface area contributed by atoms with E-state index in [2.05, 4.69) is 31.2 Å². The maximum absolute atomic E-state index is 6.08. The normalized spacial score (nSPS) is 31.1. The number of hydrogen-bond acceptors (Lipinski definition) is 3. The Labute approximate surface area is 118 Å². The van der Waals surface area contributed by atoms with Gasteiger partial charge in [-0.1, -0.05) is 61.5 Å². The summed E-state index contributed by atoms with van der Waals surface area (Å²) in [6, 6.07) is 18.6. The van der Waals surface area contributed by atoms with Gasteiger partial charge in [0, 0.05) is 12.0 Å². The summed E-state index contributed by atoms with van der Waals surface area (Å²) in [5, 5.41) is 0. The van der Waals surface area contributed by atoms with Crippen LogP contribution in [0.15, 0.2) is 54.6 Å². The molecule has 0 aromatic heterocycles. The van der Waals surface area contributed by atoms with Gasteiger partial charge in [0.1, 0.15) is 0 Å². The van der Waals surface area contributed by atoms with Crippen LogP contribution in [0.4, 0.5) is 0 Å². The third-order valence-corrected chi connectivity index (χ3v) is 4.21. The zero-order valence-electron chi connectivity index (χ0n) is 11.3. The third-order valence-electron chi connectivity index (χ3n) is 4.21. The first-order valence-electron chi connectivity index (χ1n) is 7.00. The molecule has 3 heteroatoms. The van der Waals surface area contributed by atoms with Crippen LogP contribution in [-0.4, -0.2) is 5.79 Å². The minimum absolute atomic E-state index is 0.0312. The molecule has 2 aromatic rings. The summed E-state index contributed by atoms with van der Waals surface area (Å²) in [6.45, 7) is 2.07. The van der Waals surface area contributed by atoms with Crippen LogP contribution in [-0.2, 0) is 14.5 Å². The van der Waals surface area contributed by atoms with Crippen LogP contribution in [0.1, 0.15) is 42.2 Å². The first-order chi connectivity index (χ1) is 9.84. The predicted octanol–water partition coefficient (Wildman–Crippen LogP) is 3.92. The maximum atomic E-state index is 6.08. The van der Waals surface area contributed by atoms with Crippen molar-refractivity contribution in [2.75, 3.05) is 0 Å². The SMILES string of the molecule is CC[C@@]12OO[C@@H](O1)c1ccccc1C2c1ccccc1. The smallest absolute Gasteiger partial charge is 0.220 e. The predicted molar refractivity (Wildman–Crippen MR) is 73.7 cm³/mol. The van der Waals surface area contributed by atoms with Crippen molar-refractivity contribution in [3.63, 3.8) is 0 Å². The van der Waals surface area contributed by atoms with E-state index in [9.17, 15) is 0 Å². The zero-order chi connectivity index (χ0) is 13.6. The summed E-state index contributed by atoms with van der Waals surface area (Å²) < 4.78 is 6.08. The standard InChI is InChI=1S/C17H16O3/c1-2-17-15(12-8-4-3-5-9-12)13-10-6-7-11-14(13)16(18-17)19-20-17/h3-11,15-16H,2H2,1H3/t15?,16-,17+/m1/s1. The molecule has 2 aliphatic heterocycles. The summed E-state index contributed by atoms with van der Waals surface area (Å²) in [6.07, 6.45) is 0.323. The van der Waals surface area contributed by atoms with E-state index >= 15 is 0 Å². The Morgan fingerprint density at radius 1 is 0.950 bits per heavy atom. The summed E-state index contributed by atoms with van der Waals surface area (Å²) in [5.74, 6) is -0.691. The average Bonchev–Trinajstić information content (AvgIpc) is 2.90. The average molecular weight is 268 g/mol. The zero-order valence-corrected chi connectivity index (χ0v) is 11.3. The van der Waals surface area contributed by atoms with Crippen molar-refractivity contribution >= 4 is 0 Å². The highest BCUT2D eigenvalue weighted by Gasteiger charge is 2.55. The summed E-state index contributed by atoms with van der Waals surface area (Å²) >= 11 is 0. The molecule has 2 bridgehead atoms. The number of rotatable bonds is 2. The van der Waals surface area contributed by atoms with Gasteiger partial charge in [0.2, 0.25) is 12.1 Å². The van der Waals surface area contributed by atoms with Gasteiger partial charge >= 0.3 is 0 Å². The Bertz CT molecular complexity index is 625. The van der Waals surface area contributed by atoms with Crippen LogP contribution < -0.4 is 0 Å². The van der Waals surface area contributed by atoms with E-state index in [1.54, 1.807) is 0 Å². The molecule has 3 nitrogen and oxygen atoms in total. The maximum Gasteiger partial charge on any atom is 0.220 e. The fourth-order valence-corrected chi connectivity index (χ4v) is 3.23. The van der Waals surface area contributed by atoms with Crippen LogP contribution in [0.5, 0.6) is 0 Å². The minimum atomic E-state index is -0.722. The topological polar surface area (TPSA) is 27.7 Å². The van der Waals surface area contributed by atoms with E-state index in [1.165, 1.54) is 11.1 Å². The van der Waals surface area contributed by atoms with E-state index in [4.69, 9.17) is 14.5 Å². The first kappa shape index (κ1) is 12.1. The van der Waals surface area contributed by atoms with Gasteiger partial charge in [-0.25, -0.2) is 0 Å². The van der Waals surface area contributed by atoms with Gasteiger partial charge in [0.15, 0.2) is 0 Å². The molecule has 0 aliphatic carbocycles. The van der Waals surface area contributed by atoms with Crippen LogP contribution in [0.3, 0.4) is 0 Å². The van der Waals surface area contributed by atoms with Gasteiger partial charge in [-0.2, -0.15) is 9.78 Å². The monoisotopic (exact) mass is 268 g/mol. The molecular formula is C17H16O3. The lowest BCUT2D eigenvalue weighted by molar-refractivity contribution is -0.332. The number of hydrogen-bond donors (Lipinski definition) is 0. The van der Waals surface area contributed by atoms with Crippen molar-refractivity contribution < 1.29 is 14.5 Å². The highest BCUT2D eigenvalue weighted by Crippen LogP contribution is 2.54. The molecule has 0 radical (unpaired) electrons. The van der Waals surface area contributed by atoms with Crippen molar-refractivity contribution in [1.82, 2.24) is 0 Å². The molecule has 1 unspecified atom stereocenters. The number of ether oxygens (including phenoxy) is 1. The van der Waals surface area contributed by atoms with Crippen LogP contribution >= 0.6 is 0 Å². The lowest BCUT2D eigenvalue weighted by Gasteiger charge is -2.37. The van der Waals surface area contributed by atoms with E-state index in [0.717, 1.165) is 12.0 Å². The molecule has 0 amide bonds. The lowest BCUT2D eigenvalue weighted by atomic mass is 9.79. The molecule has 4 rings (SSSR count). The van der Waals surface area contributed by atoms with Gasteiger partial charge in [-0.05, 0) is 11.1 Å². The highest BCUT2D eigenvalue weighted by atomic mass is 17.3. The molecule has 3 atom stereocenters. The molecule has 102 valence electrons. The highest BCUT2D eigenvalue weighted by molar-refractivity contribution is 5.43. The Hall–Kier alpha value is -1.68. The molecule has 20 heavy (non-hydrogen) atoms. The van der Waals surface area contributed by atoms with Gasteiger partial charge in [-0.15, -0.1) is 0 Å². The molecular weight excluding hydrogens is 252 g/mol. The Morgan fingerprint density at radius 2 is 1.65 bits per heavy atom. The van der Waals surface area contributed by atoms with E-state index in [-0.39, 0.29) is 5.92 Å². The van der Waals surface area contributed by atoms with E-state index in [0.29, 0.717) is 0 Å². The largest absolute Gasteiger partial charge is 0.310 e. The molecule has 2 aliphatic rings. The van der Waals surface area contributed by atoms with Gasteiger partial charge in [0.25, 0.3) is 0 Å². The lowest BCUT2D eigenvalue weighted by Crippen LogP contribution is -2.40. The van der Waals surface area contributed by atoms with Crippen molar-refractivity contribution in [3.05, 3.63) is 71.3 Å². The van der Waals surface area contributed by atoms with Gasteiger partial charge in [-0.3, -0.25) is 0 Å². The summed E-state index contributed by atoms with van der Waals surface area (Å²) in [7, 11) is 0. The van der Waals surface area contributed by atoms with Crippen molar-refractivity contribution in [1.29, 1.82) is 0 Å². The second kappa shape index (κ2) is 4.42. The first-order valence-corrected chi connectivity index (χ1v) is 7.00. The second-order valence-electron chi connectivity index (χ2n) is 5.27. The molecule has 0 spiro atoms. The van der Waals surface area contributed by atoms with Crippen LogP contribution in [0, 0.1) is 0 Å². The quantitative estimate of drug-likeness (QED) is 0.773. The van der Waals surface area contributed by atoms with Crippen molar-refractivity contribution in [2.24, 2.45) is 0 Å². The third kappa shape index (κ3) is 1.57. The minimum Gasteiger partial charge on any atom is -0.310 e. The molecule has 1 fully saturated rings. The Balaban J connectivity index is 1.94. The fraction of sp³-hybridized carbons (Fsp3) is 0.294. The van der Waals surface area contributed by atoms with E-state index in [1.807, 2.05) is 30.3 Å². The van der Waals surface area contributed by atoms with Gasteiger partial charge < -0.3 is 4.74 Å². The summed E-state index contributed by atoms with van der Waals surface area (Å²) in [5.41, 5.74) is 3.47. The molecule has 0 saturated carbocycles. The molecule has 1 saturated heterocycles. The van der Waals surface area contributed by atoms with Crippen LogP contribution in [0.25, 0.3) is 0 Å². The van der Waals surface area contributed by atoms with E-state index < -0.39 is 12.1 Å². The van der Waals surface area contributed by atoms with Crippen molar-refractivity contribution in [3.8, 4) is 0 Å². The molecule has 0 N–H and O–H groups in total. The second-order valence-corrected chi connectivity index (χ2v) is 5.27. The fourth-order valence-electron chi connectivity index (χ4n) is 3.23. The number of benzene rings is 2. The molecule has 2 heterocycles. The van der Waals surface area contributed by atoms with Crippen LogP contribution in [0.2, 0.25) is 0 Å². The summed E-state index contributed by atoms with van der Waals surface area (Å²) in [4.78, 5) is 11.1. The number of fused-ring (bicyclic) bond motifs is 4. The van der Waals surface area contributed by atoms with Gasteiger partial charge in [0.05, 0.1) is 5.92 Å².